The highest BCUT2D eigenvalue weighted by Crippen LogP contribution is 2.05. The van der Waals surface area contributed by atoms with Gasteiger partial charge in [-0.05, 0) is 19.1 Å². The summed E-state index contributed by atoms with van der Waals surface area (Å²) in [6.07, 6.45) is 3.67. The van der Waals surface area contributed by atoms with E-state index in [1.807, 2.05) is 22.9 Å². The van der Waals surface area contributed by atoms with Crippen LogP contribution in [0.25, 0.3) is 0 Å². The van der Waals surface area contributed by atoms with Gasteiger partial charge in [0.05, 0.1) is 0 Å². The SMILES string of the molecule is Cc1cccc(C[n+]2cccc(O)c2)c1. The average molecular weight is 200 g/mol. The Balaban J connectivity index is 2.22. The van der Waals surface area contributed by atoms with Crippen molar-refractivity contribution in [2.24, 2.45) is 0 Å². The standard InChI is InChI=1S/C13H13NO/c1-11-4-2-5-12(8-11)9-14-7-3-6-13(15)10-14/h2-8,10H,9H2,1H3/p+1. The van der Waals surface area contributed by atoms with Crippen LogP contribution >= 0.6 is 0 Å². The van der Waals surface area contributed by atoms with Crippen molar-refractivity contribution < 1.29 is 9.67 Å². The molecule has 0 amide bonds. The second kappa shape index (κ2) is 4.13. The first-order valence-corrected chi connectivity index (χ1v) is 4.98. The zero-order chi connectivity index (χ0) is 10.7. The molecule has 1 heterocycles. The van der Waals surface area contributed by atoms with Gasteiger partial charge in [0, 0.05) is 11.6 Å². The summed E-state index contributed by atoms with van der Waals surface area (Å²) in [7, 11) is 0. The summed E-state index contributed by atoms with van der Waals surface area (Å²) in [5.41, 5.74) is 2.50. The van der Waals surface area contributed by atoms with E-state index >= 15 is 0 Å². The van der Waals surface area contributed by atoms with Crippen molar-refractivity contribution in [2.75, 3.05) is 0 Å². The van der Waals surface area contributed by atoms with Gasteiger partial charge >= 0.3 is 0 Å². The average Bonchev–Trinajstić information content (AvgIpc) is 2.17. The Morgan fingerprint density at radius 2 is 2.07 bits per heavy atom. The zero-order valence-corrected chi connectivity index (χ0v) is 8.72. The van der Waals surface area contributed by atoms with Crippen LogP contribution in [0, 0.1) is 6.92 Å². The molecule has 0 saturated carbocycles. The van der Waals surface area contributed by atoms with Gasteiger partial charge in [0.1, 0.15) is 0 Å². The Hall–Kier alpha value is -1.83. The number of hydrogen-bond donors (Lipinski definition) is 1. The third kappa shape index (κ3) is 2.56. The molecule has 76 valence electrons. The van der Waals surface area contributed by atoms with Crippen LogP contribution in [0.15, 0.2) is 48.8 Å². The van der Waals surface area contributed by atoms with E-state index in [1.165, 1.54) is 11.1 Å². The Bertz CT molecular complexity index is 422. The van der Waals surface area contributed by atoms with Crippen molar-refractivity contribution in [1.82, 2.24) is 0 Å². The number of pyridine rings is 1. The van der Waals surface area contributed by atoms with Crippen LogP contribution < -0.4 is 4.57 Å². The van der Waals surface area contributed by atoms with Crippen LogP contribution in [0.1, 0.15) is 11.1 Å². The van der Waals surface area contributed by atoms with Gasteiger partial charge in [-0.2, -0.15) is 4.57 Å². The van der Waals surface area contributed by atoms with Gasteiger partial charge < -0.3 is 5.11 Å². The van der Waals surface area contributed by atoms with Gasteiger partial charge in [-0.15, -0.1) is 0 Å². The molecule has 15 heavy (non-hydrogen) atoms. The van der Waals surface area contributed by atoms with E-state index in [0.29, 0.717) is 5.75 Å². The van der Waals surface area contributed by atoms with Crippen molar-refractivity contribution >= 4 is 0 Å². The van der Waals surface area contributed by atoms with Gasteiger partial charge in [-0.1, -0.05) is 23.8 Å². The number of hydrogen-bond acceptors (Lipinski definition) is 1. The van der Waals surface area contributed by atoms with E-state index in [0.717, 1.165) is 6.54 Å². The van der Waals surface area contributed by atoms with Gasteiger partial charge in [0.25, 0.3) is 0 Å². The fraction of sp³-hybridized carbons (Fsp3) is 0.154. The highest BCUT2D eigenvalue weighted by molar-refractivity contribution is 5.21. The molecule has 0 aliphatic rings. The Morgan fingerprint density at radius 3 is 2.80 bits per heavy atom. The maximum Gasteiger partial charge on any atom is 0.211 e. The fourth-order valence-corrected chi connectivity index (χ4v) is 1.63. The molecular weight excluding hydrogens is 186 g/mol. The van der Waals surface area contributed by atoms with Crippen molar-refractivity contribution in [1.29, 1.82) is 0 Å². The van der Waals surface area contributed by atoms with Crippen LogP contribution in [-0.4, -0.2) is 5.11 Å². The molecule has 0 radical (unpaired) electrons. The smallest absolute Gasteiger partial charge is 0.211 e. The summed E-state index contributed by atoms with van der Waals surface area (Å²) >= 11 is 0. The van der Waals surface area contributed by atoms with Crippen molar-refractivity contribution in [3.8, 4) is 5.75 Å². The number of benzene rings is 1. The van der Waals surface area contributed by atoms with E-state index in [-0.39, 0.29) is 0 Å². The topological polar surface area (TPSA) is 24.1 Å². The molecule has 0 atom stereocenters. The molecule has 0 fully saturated rings. The summed E-state index contributed by atoms with van der Waals surface area (Å²) in [6.45, 7) is 2.87. The van der Waals surface area contributed by atoms with Gasteiger partial charge in [0.15, 0.2) is 18.5 Å². The van der Waals surface area contributed by atoms with Crippen molar-refractivity contribution in [3.63, 3.8) is 0 Å². The molecule has 1 aromatic carbocycles. The molecule has 2 heteroatoms. The second-order valence-corrected chi connectivity index (χ2v) is 3.72. The maximum absolute atomic E-state index is 9.32. The largest absolute Gasteiger partial charge is 0.503 e. The maximum atomic E-state index is 9.32. The Labute approximate surface area is 89.4 Å². The third-order valence-corrected chi connectivity index (χ3v) is 2.29. The monoisotopic (exact) mass is 200 g/mol. The van der Waals surface area contributed by atoms with Gasteiger partial charge in [0.2, 0.25) is 6.20 Å². The number of aryl methyl sites for hydroxylation is 1. The minimum Gasteiger partial charge on any atom is -0.503 e. The molecule has 0 saturated heterocycles. The molecule has 1 N–H and O–H groups in total. The quantitative estimate of drug-likeness (QED) is 0.737. The lowest BCUT2D eigenvalue weighted by Gasteiger charge is -1.99. The summed E-state index contributed by atoms with van der Waals surface area (Å²) < 4.78 is 1.96. The van der Waals surface area contributed by atoms with E-state index < -0.39 is 0 Å². The predicted molar refractivity (Wildman–Crippen MR) is 58.6 cm³/mol. The molecule has 1 aromatic heterocycles. The minimum absolute atomic E-state index is 0.296. The minimum atomic E-state index is 0.296. The first-order chi connectivity index (χ1) is 7.24. The number of aromatic nitrogens is 1. The summed E-state index contributed by atoms with van der Waals surface area (Å²) in [5, 5.41) is 9.32. The molecule has 0 spiro atoms. The molecule has 0 aliphatic heterocycles. The first kappa shape index (κ1) is 9.71. The van der Waals surface area contributed by atoms with Crippen LogP contribution in [-0.2, 0) is 6.54 Å². The van der Waals surface area contributed by atoms with Crippen LogP contribution in [0.5, 0.6) is 5.75 Å². The van der Waals surface area contributed by atoms with E-state index in [2.05, 4.69) is 25.1 Å². The lowest BCUT2D eigenvalue weighted by Crippen LogP contribution is -2.32. The lowest BCUT2D eigenvalue weighted by molar-refractivity contribution is -0.688. The van der Waals surface area contributed by atoms with Crippen molar-refractivity contribution in [3.05, 3.63) is 59.9 Å². The van der Waals surface area contributed by atoms with Crippen LogP contribution in [0.4, 0.5) is 0 Å². The normalized spacial score (nSPS) is 10.2. The van der Waals surface area contributed by atoms with Crippen LogP contribution in [0.2, 0.25) is 0 Å². The summed E-state index contributed by atoms with van der Waals surface area (Å²) in [6, 6.07) is 11.9. The third-order valence-electron chi connectivity index (χ3n) is 2.29. The first-order valence-electron chi connectivity index (χ1n) is 4.98. The molecule has 2 rings (SSSR count). The van der Waals surface area contributed by atoms with E-state index in [9.17, 15) is 5.11 Å². The Kier molecular flexibility index (Phi) is 2.68. The fourth-order valence-electron chi connectivity index (χ4n) is 1.63. The van der Waals surface area contributed by atoms with Gasteiger partial charge in [-0.3, -0.25) is 0 Å². The number of aromatic hydroxyl groups is 1. The molecule has 0 bridgehead atoms. The second-order valence-electron chi connectivity index (χ2n) is 3.72. The molecule has 0 aliphatic carbocycles. The predicted octanol–water partition coefficient (Wildman–Crippen LogP) is 2.04. The molecular formula is C13H14NO+. The lowest BCUT2D eigenvalue weighted by atomic mass is 10.1. The van der Waals surface area contributed by atoms with Gasteiger partial charge in [-0.25, -0.2) is 0 Å². The number of rotatable bonds is 2. The molecule has 2 aromatic rings. The summed E-state index contributed by atoms with van der Waals surface area (Å²) in [5.74, 6) is 0.296. The molecule has 0 unspecified atom stereocenters. The Morgan fingerprint density at radius 1 is 1.20 bits per heavy atom. The van der Waals surface area contributed by atoms with Crippen LogP contribution in [0.3, 0.4) is 0 Å². The number of nitrogens with zero attached hydrogens (tertiary/aromatic N) is 1. The highest BCUT2D eigenvalue weighted by atomic mass is 16.3. The van der Waals surface area contributed by atoms with E-state index in [4.69, 9.17) is 0 Å². The van der Waals surface area contributed by atoms with E-state index in [1.54, 1.807) is 12.3 Å². The summed E-state index contributed by atoms with van der Waals surface area (Å²) in [4.78, 5) is 0. The van der Waals surface area contributed by atoms with Crippen molar-refractivity contribution in [2.45, 2.75) is 13.5 Å². The molecule has 2 nitrogen and oxygen atoms in total. The zero-order valence-electron chi connectivity index (χ0n) is 8.72. The highest BCUT2D eigenvalue weighted by Gasteiger charge is 2.03.